The van der Waals surface area contributed by atoms with Gasteiger partial charge in [0.1, 0.15) is 4.90 Å². The summed E-state index contributed by atoms with van der Waals surface area (Å²) in [6.07, 6.45) is 3.15. The van der Waals surface area contributed by atoms with Gasteiger partial charge in [-0.05, 0) is 25.1 Å². The summed E-state index contributed by atoms with van der Waals surface area (Å²) in [4.78, 5) is 0.319. The first-order chi connectivity index (χ1) is 9.51. The highest BCUT2D eigenvalue weighted by Gasteiger charge is 2.20. The fraction of sp³-hybridized carbons (Fsp3) is 0.429. The smallest absolute Gasteiger partial charge is 0.244 e. The van der Waals surface area contributed by atoms with Crippen molar-refractivity contribution in [3.05, 3.63) is 35.9 Å². The number of rotatable bonds is 5. The van der Waals surface area contributed by atoms with Crippen LogP contribution in [0.15, 0.2) is 40.8 Å². The van der Waals surface area contributed by atoms with Gasteiger partial charge >= 0.3 is 0 Å². The first kappa shape index (κ1) is 15.0. The lowest BCUT2D eigenvalue weighted by Crippen LogP contribution is -2.25. The Morgan fingerprint density at radius 1 is 1.30 bits per heavy atom. The van der Waals surface area contributed by atoms with Crippen molar-refractivity contribution in [3.8, 4) is 0 Å². The largest absolute Gasteiger partial charge is 0.380 e. The van der Waals surface area contributed by atoms with Gasteiger partial charge in [-0.15, -0.1) is 0 Å². The van der Waals surface area contributed by atoms with E-state index in [0.717, 1.165) is 19.5 Å². The van der Waals surface area contributed by atoms with Gasteiger partial charge in [0.2, 0.25) is 10.0 Å². The van der Waals surface area contributed by atoms with Gasteiger partial charge in [-0.2, -0.15) is 0 Å². The molecule has 1 heterocycles. The molecule has 20 heavy (non-hydrogen) atoms. The van der Waals surface area contributed by atoms with Crippen molar-refractivity contribution in [2.45, 2.75) is 11.3 Å². The SMILES string of the molecule is CN(C)S(=O)(=O)c1ccccc1NCC1=CCNCC1. The van der Waals surface area contributed by atoms with Crippen LogP contribution in [0.25, 0.3) is 0 Å². The second-order valence-electron chi connectivity index (χ2n) is 4.95. The van der Waals surface area contributed by atoms with E-state index in [1.54, 1.807) is 32.3 Å². The minimum absolute atomic E-state index is 0.319. The van der Waals surface area contributed by atoms with Crippen LogP contribution in [0, 0.1) is 0 Å². The minimum atomic E-state index is -3.42. The molecule has 0 spiro atoms. The second-order valence-corrected chi connectivity index (χ2v) is 7.07. The minimum Gasteiger partial charge on any atom is -0.380 e. The Bertz CT molecular complexity index is 594. The van der Waals surface area contributed by atoms with Gasteiger partial charge in [0.15, 0.2) is 0 Å². The lowest BCUT2D eigenvalue weighted by molar-refractivity contribution is 0.521. The lowest BCUT2D eigenvalue weighted by Gasteiger charge is -2.18. The number of sulfonamides is 1. The molecule has 110 valence electrons. The molecule has 0 bridgehead atoms. The van der Waals surface area contributed by atoms with Gasteiger partial charge in [0, 0.05) is 27.2 Å². The predicted molar refractivity (Wildman–Crippen MR) is 81.4 cm³/mol. The van der Waals surface area contributed by atoms with Crippen molar-refractivity contribution in [3.63, 3.8) is 0 Å². The maximum Gasteiger partial charge on any atom is 0.244 e. The molecule has 1 aromatic rings. The van der Waals surface area contributed by atoms with E-state index in [4.69, 9.17) is 0 Å². The van der Waals surface area contributed by atoms with Crippen molar-refractivity contribution in [2.75, 3.05) is 39.0 Å². The Hall–Kier alpha value is -1.37. The van der Waals surface area contributed by atoms with Gasteiger partial charge < -0.3 is 10.6 Å². The number of anilines is 1. The molecular weight excluding hydrogens is 274 g/mol. The summed E-state index contributed by atoms with van der Waals surface area (Å²) >= 11 is 0. The zero-order valence-electron chi connectivity index (χ0n) is 11.9. The summed E-state index contributed by atoms with van der Waals surface area (Å²) in [5, 5.41) is 6.50. The number of benzene rings is 1. The van der Waals surface area contributed by atoms with E-state index in [9.17, 15) is 8.42 Å². The highest BCUT2D eigenvalue weighted by Crippen LogP contribution is 2.23. The third-order valence-electron chi connectivity index (χ3n) is 3.31. The molecule has 0 radical (unpaired) electrons. The average Bonchev–Trinajstić information content (AvgIpc) is 2.46. The van der Waals surface area contributed by atoms with Crippen LogP contribution >= 0.6 is 0 Å². The molecule has 2 rings (SSSR count). The van der Waals surface area contributed by atoms with E-state index in [2.05, 4.69) is 16.7 Å². The van der Waals surface area contributed by atoms with Crippen molar-refractivity contribution in [2.24, 2.45) is 0 Å². The highest BCUT2D eigenvalue weighted by molar-refractivity contribution is 7.89. The third-order valence-corrected chi connectivity index (χ3v) is 5.18. The van der Waals surface area contributed by atoms with Crippen LogP contribution in [0.2, 0.25) is 0 Å². The van der Waals surface area contributed by atoms with Crippen LogP contribution < -0.4 is 10.6 Å². The highest BCUT2D eigenvalue weighted by atomic mass is 32.2. The predicted octanol–water partition coefficient (Wildman–Crippen LogP) is 1.27. The summed E-state index contributed by atoms with van der Waals surface area (Å²) in [6, 6.07) is 7.02. The van der Waals surface area contributed by atoms with Crippen LogP contribution in [-0.4, -0.2) is 46.5 Å². The molecule has 0 fully saturated rings. The number of hydrogen-bond acceptors (Lipinski definition) is 4. The van der Waals surface area contributed by atoms with Crippen LogP contribution in [0.5, 0.6) is 0 Å². The lowest BCUT2D eigenvalue weighted by atomic mass is 10.1. The molecule has 2 N–H and O–H groups in total. The number of hydrogen-bond donors (Lipinski definition) is 2. The number of nitrogens with one attached hydrogen (secondary N) is 2. The molecule has 5 nitrogen and oxygen atoms in total. The van der Waals surface area contributed by atoms with E-state index in [0.29, 0.717) is 17.1 Å². The van der Waals surface area contributed by atoms with E-state index >= 15 is 0 Å². The standard InChI is InChI=1S/C14H21N3O2S/c1-17(2)20(18,19)14-6-4-3-5-13(14)16-11-12-7-9-15-10-8-12/h3-7,15-16H,8-11H2,1-2H3. The monoisotopic (exact) mass is 295 g/mol. The molecule has 0 aliphatic carbocycles. The van der Waals surface area contributed by atoms with E-state index in [-0.39, 0.29) is 0 Å². The summed E-state index contributed by atoms with van der Waals surface area (Å²) in [5.74, 6) is 0. The van der Waals surface area contributed by atoms with E-state index in [1.807, 2.05) is 6.07 Å². The average molecular weight is 295 g/mol. The zero-order chi connectivity index (χ0) is 14.6. The molecule has 6 heteroatoms. The van der Waals surface area contributed by atoms with Crippen LogP contribution in [-0.2, 0) is 10.0 Å². The van der Waals surface area contributed by atoms with Crippen LogP contribution in [0.3, 0.4) is 0 Å². The van der Waals surface area contributed by atoms with Crippen LogP contribution in [0.1, 0.15) is 6.42 Å². The first-order valence-electron chi connectivity index (χ1n) is 6.66. The fourth-order valence-corrected chi connectivity index (χ4v) is 3.14. The molecule has 0 atom stereocenters. The Labute approximate surface area is 120 Å². The van der Waals surface area contributed by atoms with Crippen molar-refractivity contribution >= 4 is 15.7 Å². The quantitative estimate of drug-likeness (QED) is 0.803. The summed E-state index contributed by atoms with van der Waals surface area (Å²) in [7, 11) is -0.335. The third kappa shape index (κ3) is 3.39. The Morgan fingerprint density at radius 3 is 2.70 bits per heavy atom. The summed E-state index contributed by atoms with van der Waals surface area (Å²) in [5.41, 5.74) is 1.96. The molecular formula is C14H21N3O2S. The maximum absolute atomic E-state index is 12.3. The summed E-state index contributed by atoms with van der Waals surface area (Å²) in [6.45, 7) is 2.54. The molecule has 0 saturated carbocycles. The molecule has 0 aromatic heterocycles. The molecule has 1 aliphatic heterocycles. The fourth-order valence-electron chi connectivity index (χ4n) is 2.07. The maximum atomic E-state index is 12.3. The van der Waals surface area contributed by atoms with Gasteiger partial charge in [-0.3, -0.25) is 0 Å². The van der Waals surface area contributed by atoms with Gasteiger partial charge in [-0.25, -0.2) is 12.7 Å². The van der Waals surface area contributed by atoms with Crippen molar-refractivity contribution < 1.29 is 8.42 Å². The molecule has 0 unspecified atom stereocenters. The molecule has 0 amide bonds. The molecule has 0 saturated heterocycles. The van der Waals surface area contributed by atoms with Crippen LogP contribution in [0.4, 0.5) is 5.69 Å². The van der Waals surface area contributed by atoms with Gasteiger partial charge in [0.05, 0.1) is 5.69 Å². The molecule has 1 aromatic carbocycles. The van der Waals surface area contributed by atoms with Crippen molar-refractivity contribution in [1.29, 1.82) is 0 Å². The Kier molecular flexibility index (Phi) is 4.80. The zero-order valence-corrected chi connectivity index (χ0v) is 12.7. The topological polar surface area (TPSA) is 61.4 Å². The Morgan fingerprint density at radius 2 is 2.05 bits per heavy atom. The number of para-hydroxylation sites is 1. The molecule has 1 aliphatic rings. The van der Waals surface area contributed by atoms with Gasteiger partial charge in [0.25, 0.3) is 0 Å². The number of nitrogens with zero attached hydrogens (tertiary/aromatic N) is 1. The summed E-state index contributed by atoms with van der Waals surface area (Å²) < 4.78 is 25.8. The first-order valence-corrected chi connectivity index (χ1v) is 8.10. The normalized spacial score (nSPS) is 16.1. The van der Waals surface area contributed by atoms with Gasteiger partial charge in [-0.1, -0.05) is 23.8 Å². The van der Waals surface area contributed by atoms with E-state index in [1.165, 1.54) is 9.88 Å². The van der Waals surface area contributed by atoms with E-state index < -0.39 is 10.0 Å². The Balaban J connectivity index is 2.18. The second kappa shape index (κ2) is 6.39. The van der Waals surface area contributed by atoms with Crippen molar-refractivity contribution in [1.82, 2.24) is 9.62 Å².